The quantitative estimate of drug-likeness (QED) is 0.645. The minimum Gasteiger partial charge on any atom is -0.550 e. The number of aliphatic carboxylic acids is 2. The fourth-order valence-electron chi connectivity index (χ4n) is 2.75. The number of carbonyl (C=O) groups excluding carboxylic acids is 2. The minimum absolute atomic E-state index is 0.0228. The minimum atomic E-state index is -3.86. The molecule has 1 saturated carbocycles. The van der Waals surface area contributed by atoms with Crippen molar-refractivity contribution < 1.29 is 28.2 Å². The number of hydrogen-bond acceptors (Lipinski definition) is 6. The third kappa shape index (κ3) is 3.10. The fraction of sp³-hybridized carbons (Fsp3) is 0.429. The van der Waals surface area contributed by atoms with Crippen LogP contribution in [-0.4, -0.2) is 31.0 Å². The predicted molar refractivity (Wildman–Crippen MR) is 73.3 cm³/mol. The van der Waals surface area contributed by atoms with Crippen LogP contribution in [0.25, 0.3) is 0 Å². The number of carbonyl (C=O) groups is 2. The Morgan fingerprint density at radius 2 is 1.50 bits per heavy atom. The zero-order valence-electron chi connectivity index (χ0n) is 11.3. The standard InChI is InChI=1S/C14H15ClO6S/c15-11-6-9(13(16)17)10(14(18)19)7-12(11)22(20,21)8-4-2-1-3-5-8/h1-5,9-12H,6-7H2,(H,16,17)(H,18,19)/p-2/t9-,10+,11-,12+/m1/s1. The molecule has 4 atom stereocenters. The Morgan fingerprint density at radius 1 is 1.00 bits per heavy atom. The van der Waals surface area contributed by atoms with E-state index in [1.54, 1.807) is 18.2 Å². The molecule has 0 N–H and O–H groups in total. The van der Waals surface area contributed by atoms with E-state index in [1.165, 1.54) is 12.1 Å². The Morgan fingerprint density at radius 3 is 2.00 bits per heavy atom. The second kappa shape index (κ2) is 6.26. The molecule has 0 radical (unpaired) electrons. The molecule has 1 fully saturated rings. The summed E-state index contributed by atoms with van der Waals surface area (Å²) in [4.78, 5) is 22.2. The summed E-state index contributed by atoms with van der Waals surface area (Å²) >= 11 is 6.04. The van der Waals surface area contributed by atoms with Gasteiger partial charge >= 0.3 is 0 Å². The molecule has 0 bridgehead atoms. The van der Waals surface area contributed by atoms with Gasteiger partial charge in [-0.1, -0.05) is 18.2 Å². The summed E-state index contributed by atoms with van der Waals surface area (Å²) < 4.78 is 25.2. The molecule has 0 heterocycles. The van der Waals surface area contributed by atoms with Crippen LogP contribution >= 0.6 is 11.6 Å². The van der Waals surface area contributed by atoms with Crippen LogP contribution in [0.5, 0.6) is 0 Å². The highest BCUT2D eigenvalue weighted by Gasteiger charge is 2.44. The first-order valence-electron chi connectivity index (χ1n) is 6.60. The molecular weight excluding hydrogens is 332 g/mol. The van der Waals surface area contributed by atoms with Crippen molar-refractivity contribution in [1.29, 1.82) is 0 Å². The lowest BCUT2D eigenvalue weighted by atomic mass is 9.79. The predicted octanol–water partition coefficient (Wildman–Crippen LogP) is -1.04. The van der Waals surface area contributed by atoms with Crippen molar-refractivity contribution in [2.24, 2.45) is 11.8 Å². The zero-order chi connectivity index (χ0) is 16.5. The van der Waals surface area contributed by atoms with Crippen molar-refractivity contribution >= 4 is 33.4 Å². The normalized spacial score (nSPS) is 29.0. The molecule has 1 aliphatic rings. The average molecular weight is 345 g/mol. The molecule has 0 aliphatic heterocycles. The third-order valence-corrected chi connectivity index (χ3v) is 6.81. The van der Waals surface area contributed by atoms with Gasteiger partial charge in [0, 0.05) is 23.8 Å². The molecule has 1 aliphatic carbocycles. The van der Waals surface area contributed by atoms with Crippen LogP contribution in [0.4, 0.5) is 0 Å². The van der Waals surface area contributed by atoms with E-state index in [2.05, 4.69) is 0 Å². The van der Waals surface area contributed by atoms with Crippen molar-refractivity contribution in [2.45, 2.75) is 28.4 Å². The van der Waals surface area contributed by atoms with Gasteiger partial charge in [0.25, 0.3) is 0 Å². The van der Waals surface area contributed by atoms with Gasteiger partial charge in [0.2, 0.25) is 0 Å². The molecule has 6 nitrogen and oxygen atoms in total. The van der Waals surface area contributed by atoms with Gasteiger partial charge in [-0.05, 0) is 25.0 Å². The summed E-state index contributed by atoms with van der Waals surface area (Å²) in [5, 5.41) is 20.0. The van der Waals surface area contributed by atoms with Gasteiger partial charge in [0.1, 0.15) is 0 Å². The summed E-state index contributed by atoms with van der Waals surface area (Å²) in [6.45, 7) is 0. The molecule has 120 valence electrons. The Kier molecular flexibility index (Phi) is 4.77. The third-order valence-electron chi connectivity index (χ3n) is 3.93. The highest BCUT2D eigenvalue weighted by molar-refractivity contribution is 7.92. The monoisotopic (exact) mass is 344 g/mol. The number of hydrogen-bond donors (Lipinski definition) is 0. The highest BCUT2D eigenvalue weighted by Crippen LogP contribution is 2.38. The second-order valence-electron chi connectivity index (χ2n) is 5.23. The molecule has 0 amide bonds. The Labute approximate surface area is 132 Å². The summed E-state index contributed by atoms with van der Waals surface area (Å²) in [6, 6.07) is 7.50. The average Bonchev–Trinajstić information content (AvgIpc) is 2.47. The molecule has 0 unspecified atom stereocenters. The number of halogens is 1. The number of benzene rings is 1. The van der Waals surface area contributed by atoms with Gasteiger partial charge in [-0.25, -0.2) is 8.42 Å². The van der Waals surface area contributed by atoms with E-state index in [4.69, 9.17) is 11.6 Å². The van der Waals surface area contributed by atoms with Crippen LogP contribution in [0.15, 0.2) is 35.2 Å². The van der Waals surface area contributed by atoms with Crippen LogP contribution in [0.2, 0.25) is 0 Å². The van der Waals surface area contributed by atoms with Crippen LogP contribution in [0, 0.1) is 11.8 Å². The highest BCUT2D eigenvalue weighted by atomic mass is 35.5. The van der Waals surface area contributed by atoms with E-state index >= 15 is 0 Å². The van der Waals surface area contributed by atoms with E-state index in [1.807, 2.05) is 0 Å². The first-order chi connectivity index (χ1) is 10.2. The number of sulfone groups is 1. The smallest absolute Gasteiger partial charge is 0.182 e. The van der Waals surface area contributed by atoms with Gasteiger partial charge in [0.05, 0.1) is 15.5 Å². The lowest BCUT2D eigenvalue weighted by Gasteiger charge is -2.39. The van der Waals surface area contributed by atoms with Gasteiger partial charge < -0.3 is 19.8 Å². The second-order valence-corrected chi connectivity index (χ2v) is 7.96. The Bertz CT molecular complexity index is 672. The maximum absolute atomic E-state index is 12.6. The van der Waals surface area contributed by atoms with E-state index in [9.17, 15) is 28.2 Å². The molecule has 0 aromatic heterocycles. The fourth-order valence-corrected chi connectivity index (χ4v) is 5.30. The summed E-state index contributed by atoms with van der Waals surface area (Å²) in [5.41, 5.74) is 0. The van der Waals surface area contributed by atoms with Crippen LogP contribution in [0.1, 0.15) is 12.8 Å². The maximum Gasteiger partial charge on any atom is 0.182 e. The number of carboxylic acids is 2. The van der Waals surface area contributed by atoms with Crippen molar-refractivity contribution in [3.8, 4) is 0 Å². The molecule has 22 heavy (non-hydrogen) atoms. The van der Waals surface area contributed by atoms with E-state index in [0.29, 0.717) is 0 Å². The van der Waals surface area contributed by atoms with Gasteiger partial charge in [-0.15, -0.1) is 11.6 Å². The molecular formula is C14H13ClO6S-2. The molecule has 1 aromatic carbocycles. The van der Waals surface area contributed by atoms with Crippen molar-refractivity contribution in [3.63, 3.8) is 0 Å². The molecule has 0 saturated heterocycles. The zero-order valence-corrected chi connectivity index (χ0v) is 12.9. The van der Waals surface area contributed by atoms with Gasteiger partial charge in [-0.3, -0.25) is 0 Å². The lowest BCUT2D eigenvalue weighted by Crippen LogP contribution is -2.52. The van der Waals surface area contributed by atoms with E-state index in [-0.39, 0.29) is 11.3 Å². The number of alkyl halides is 1. The molecule has 1 aromatic rings. The van der Waals surface area contributed by atoms with Gasteiger partial charge in [0.15, 0.2) is 9.84 Å². The maximum atomic E-state index is 12.6. The van der Waals surface area contributed by atoms with Crippen LogP contribution in [0.3, 0.4) is 0 Å². The first kappa shape index (κ1) is 16.8. The topological polar surface area (TPSA) is 114 Å². The summed E-state index contributed by atoms with van der Waals surface area (Å²) in [6.07, 6.45) is -0.703. The van der Waals surface area contributed by atoms with Gasteiger partial charge in [-0.2, -0.15) is 0 Å². The Hall–Kier alpha value is -1.60. The number of rotatable bonds is 4. The first-order valence-corrected chi connectivity index (χ1v) is 8.58. The molecule has 8 heteroatoms. The lowest BCUT2D eigenvalue weighted by molar-refractivity contribution is -0.328. The van der Waals surface area contributed by atoms with Crippen LogP contribution < -0.4 is 10.2 Å². The van der Waals surface area contributed by atoms with Crippen molar-refractivity contribution in [1.82, 2.24) is 0 Å². The molecule has 2 rings (SSSR count). The summed E-state index contributed by atoms with van der Waals surface area (Å²) in [5.74, 6) is -5.96. The van der Waals surface area contributed by atoms with Crippen molar-refractivity contribution in [2.75, 3.05) is 0 Å². The number of carboxylic acid groups (broad SMARTS) is 2. The Balaban J connectivity index is 2.36. The molecule has 0 spiro atoms. The van der Waals surface area contributed by atoms with E-state index < -0.39 is 50.7 Å². The summed E-state index contributed by atoms with van der Waals surface area (Å²) in [7, 11) is -3.86. The van der Waals surface area contributed by atoms with E-state index in [0.717, 1.165) is 0 Å². The van der Waals surface area contributed by atoms with Crippen LogP contribution in [-0.2, 0) is 19.4 Å². The largest absolute Gasteiger partial charge is 0.550 e. The SMILES string of the molecule is O=C([O-])[C@H]1C[C@H](S(=O)(=O)c2ccccc2)[C@H](Cl)C[C@H]1C(=O)[O-]. The van der Waals surface area contributed by atoms with Crippen molar-refractivity contribution in [3.05, 3.63) is 30.3 Å².